The Labute approximate surface area is 260 Å². The summed E-state index contributed by atoms with van der Waals surface area (Å²) in [4.78, 5) is 15.1. The van der Waals surface area contributed by atoms with Crippen molar-refractivity contribution in [3.8, 4) is 51.4 Å². The summed E-state index contributed by atoms with van der Waals surface area (Å²) in [6.07, 6.45) is 13.1. The summed E-state index contributed by atoms with van der Waals surface area (Å²) < 4.78 is 0. The minimum absolute atomic E-state index is 0.644. The molecule has 0 aliphatic heterocycles. The van der Waals surface area contributed by atoms with E-state index in [0.29, 0.717) is 34.9 Å². The van der Waals surface area contributed by atoms with Crippen LogP contribution in [0.1, 0.15) is 92.7 Å². The molecule has 0 saturated heterocycles. The molecule has 218 valence electrons. The lowest BCUT2D eigenvalue weighted by Gasteiger charge is -2.22. The largest absolute Gasteiger partial charge is 0.208 e. The van der Waals surface area contributed by atoms with Crippen LogP contribution in [-0.2, 0) is 0 Å². The van der Waals surface area contributed by atoms with Crippen molar-refractivity contribution in [2.45, 2.75) is 76.0 Å². The van der Waals surface area contributed by atoms with Crippen molar-refractivity contribution in [2.75, 3.05) is 0 Å². The molecular formula is C40H38N4. The second-order valence-electron chi connectivity index (χ2n) is 12.5. The Hall–Kier alpha value is -4.62. The molecular weight excluding hydrogens is 536 g/mol. The second kappa shape index (κ2) is 12.9. The van der Waals surface area contributed by atoms with E-state index >= 15 is 0 Å². The molecule has 2 aliphatic rings. The van der Waals surface area contributed by atoms with Crippen LogP contribution in [0.3, 0.4) is 0 Å². The monoisotopic (exact) mass is 574 g/mol. The zero-order valence-corrected chi connectivity index (χ0v) is 25.3. The lowest BCUT2D eigenvalue weighted by Crippen LogP contribution is -2.05. The average molecular weight is 575 g/mol. The molecule has 2 fully saturated rings. The molecule has 0 amide bonds. The lowest BCUT2D eigenvalue weighted by atomic mass is 9.84. The molecule has 4 nitrogen and oxygen atoms in total. The zero-order valence-electron chi connectivity index (χ0n) is 25.3. The molecule has 0 N–H and O–H groups in total. The smallest absolute Gasteiger partial charge is 0.164 e. The molecule has 7 rings (SSSR count). The fourth-order valence-electron chi connectivity index (χ4n) is 7.05. The number of hydrogen-bond donors (Lipinski definition) is 0. The van der Waals surface area contributed by atoms with Gasteiger partial charge < -0.3 is 0 Å². The van der Waals surface area contributed by atoms with E-state index in [0.717, 1.165) is 27.8 Å². The van der Waals surface area contributed by atoms with Gasteiger partial charge in [0.2, 0.25) is 0 Å². The van der Waals surface area contributed by atoms with Crippen LogP contribution in [0.4, 0.5) is 0 Å². The van der Waals surface area contributed by atoms with Crippen LogP contribution >= 0.6 is 0 Å². The van der Waals surface area contributed by atoms with Crippen molar-refractivity contribution in [1.82, 2.24) is 15.0 Å². The van der Waals surface area contributed by atoms with Crippen LogP contribution in [0.25, 0.3) is 45.3 Å². The highest BCUT2D eigenvalue weighted by Gasteiger charge is 2.18. The maximum atomic E-state index is 9.42. The summed E-state index contributed by atoms with van der Waals surface area (Å²) in [7, 11) is 0. The van der Waals surface area contributed by atoms with E-state index < -0.39 is 0 Å². The molecule has 5 aromatic rings. The van der Waals surface area contributed by atoms with Gasteiger partial charge in [0.25, 0.3) is 0 Å². The predicted molar refractivity (Wildman–Crippen MR) is 178 cm³/mol. The SMILES string of the molecule is N#Cc1cccc(-c2cccc(-c3nc(-c4ccc(C5CCCCC5)cc4)nc(-c4ccc(C5CCCCC5)cc4)n3)c2)c1. The molecule has 0 atom stereocenters. The van der Waals surface area contributed by atoms with Gasteiger partial charge >= 0.3 is 0 Å². The van der Waals surface area contributed by atoms with Crippen molar-refractivity contribution >= 4 is 0 Å². The predicted octanol–water partition coefficient (Wildman–Crippen LogP) is 10.5. The van der Waals surface area contributed by atoms with Crippen molar-refractivity contribution in [3.05, 3.63) is 114 Å². The van der Waals surface area contributed by atoms with E-state index in [4.69, 9.17) is 15.0 Å². The first-order valence-corrected chi connectivity index (χ1v) is 16.3. The molecule has 44 heavy (non-hydrogen) atoms. The van der Waals surface area contributed by atoms with E-state index in [9.17, 15) is 5.26 Å². The topological polar surface area (TPSA) is 62.5 Å². The number of aromatic nitrogens is 3. The van der Waals surface area contributed by atoms with E-state index in [1.54, 1.807) is 0 Å². The molecule has 0 bridgehead atoms. The van der Waals surface area contributed by atoms with E-state index in [1.165, 1.54) is 75.3 Å². The Morgan fingerprint density at radius 3 is 1.39 bits per heavy atom. The quantitative estimate of drug-likeness (QED) is 0.202. The lowest BCUT2D eigenvalue weighted by molar-refractivity contribution is 0.443. The van der Waals surface area contributed by atoms with Gasteiger partial charge in [-0.25, -0.2) is 15.0 Å². The van der Waals surface area contributed by atoms with Crippen LogP contribution in [-0.4, -0.2) is 15.0 Å². The van der Waals surface area contributed by atoms with E-state index in [1.807, 2.05) is 30.3 Å². The van der Waals surface area contributed by atoms with Crippen molar-refractivity contribution in [3.63, 3.8) is 0 Å². The van der Waals surface area contributed by atoms with Gasteiger partial charge in [-0.2, -0.15) is 5.26 Å². The van der Waals surface area contributed by atoms with Gasteiger partial charge in [0, 0.05) is 16.7 Å². The minimum Gasteiger partial charge on any atom is -0.208 e. The Morgan fingerprint density at radius 1 is 0.455 bits per heavy atom. The van der Waals surface area contributed by atoms with Gasteiger partial charge in [-0.1, -0.05) is 117 Å². The summed E-state index contributed by atoms with van der Waals surface area (Å²) in [6, 6.07) is 36.1. The second-order valence-corrected chi connectivity index (χ2v) is 12.5. The Balaban J connectivity index is 1.27. The molecule has 2 aliphatic carbocycles. The average Bonchev–Trinajstić information content (AvgIpc) is 3.12. The molecule has 0 radical (unpaired) electrons. The fourth-order valence-corrected chi connectivity index (χ4v) is 7.05. The third-order valence-corrected chi connectivity index (χ3v) is 9.57. The van der Waals surface area contributed by atoms with Gasteiger partial charge in [-0.15, -0.1) is 0 Å². The molecule has 4 heteroatoms. The summed E-state index contributed by atoms with van der Waals surface area (Å²) in [5, 5.41) is 9.42. The highest BCUT2D eigenvalue weighted by molar-refractivity contribution is 5.73. The minimum atomic E-state index is 0.644. The number of nitrogens with zero attached hydrogens (tertiary/aromatic N) is 4. The summed E-state index contributed by atoms with van der Waals surface area (Å²) in [6.45, 7) is 0. The first-order chi connectivity index (χ1) is 21.7. The van der Waals surface area contributed by atoms with Gasteiger partial charge in [0.1, 0.15) is 0 Å². The number of benzene rings is 4. The molecule has 4 aromatic carbocycles. The fraction of sp³-hybridized carbons (Fsp3) is 0.300. The van der Waals surface area contributed by atoms with Crippen LogP contribution in [0, 0.1) is 11.3 Å². The zero-order chi connectivity index (χ0) is 29.7. The van der Waals surface area contributed by atoms with Crippen molar-refractivity contribution in [1.29, 1.82) is 5.26 Å². The molecule has 1 aromatic heterocycles. The van der Waals surface area contributed by atoms with Crippen molar-refractivity contribution < 1.29 is 0 Å². The van der Waals surface area contributed by atoms with Crippen molar-refractivity contribution in [2.24, 2.45) is 0 Å². The first-order valence-electron chi connectivity index (χ1n) is 16.3. The van der Waals surface area contributed by atoms with Gasteiger partial charge in [0.05, 0.1) is 11.6 Å². The van der Waals surface area contributed by atoms with Gasteiger partial charge in [-0.05, 0) is 78.0 Å². The number of hydrogen-bond acceptors (Lipinski definition) is 4. The van der Waals surface area contributed by atoms with E-state index in [-0.39, 0.29) is 0 Å². The van der Waals surface area contributed by atoms with Gasteiger partial charge in [0.15, 0.2) is 17.5 Å². The van der Waals surface area contributed by atoms with Crippen LogP contribution in [0.5, 0.6) is 0 Å². The summed E-state index contributed by atoms with van der Waals surface area (Å²) in [5.41, 5.74) is 8.45. The standard InChI is InChI=1S/C40H38N4/c41-27-28-9-7-14-35(25-28)36-15-8-16-37(26-36)40-43-38(33-21-17-31(18-22-33)29-10-3-1-4-11-29)42-39(44-40)34-23-19-32(20-24-34)30-12-5-2-6-13-30/h7-9,14-26,29-30H,1-6,10-13H2. The van der Waals surface area contributed by atoms with Crippen LogP contribution < -0.4 is 0 Å². The first kappa shape index (κ1) is 28.2. The molecule has 0 unspecified atom stereocenters. The Bertz CT molecular complexity index is 1690. The molecule has 1 heterocycles. The van der Waals surface area contributed by atoms with Crippen LogP contribution in [0.15, 0.2) is 97.1 Å². The molecule has 2 saturated carbocycles. The van der Waals surface area contributed by atoms with E-state index in [2.05, 4.69) is 72.8 Å². The summed E-state index contributed by atoms with van der Waals surface area (Å²) >= 11 is 0. The van der Waals surface area contributed by atoms with Crippen LogP contribution in [0.2, 0.25) is 0 Å². The number of nitriles is 1. The third-order valence-electron chi connectivity index (χ3n) is 9.57. The highest BCUT2D eigenvalue weighted by atomic mass is 15.0. The Kier molecular flexibility index (Phi) is 8.28. The molecule has 0 spiro atoms. The Morgan fingerprint density at radius 2 is 0.886 bits per heavy atom. The number of rotatable bonds is 6. The summed E-state index contributed by atoms with van der Waals surface area (Å²) in [5.74, 6) is 3.34. The maximum Gasteiger partial charge on any atom is 0.164 e. The highest BCUT2D eigenvalue weighted by Crippen LogP contribution is 2.35. The normalized spacial score (nSPS) is 16.0. The third kappa shape index (κ3) is 6.19. The van der Waals surface area contributed by atoms with Gasteiger partial charge in [-0.3, -0.25) is 0 Å². The maximum absolute atomic E-state index is 9.42.